The zero-order valence-electron chi connectivity index (χ0n) is 6.74. The van der Waals surface area contributed by atoms with Crippen molar-refractivity contribution in [1.29, 1.82) is 0 Å². The third kappa shape index (κ3) is 1.73. The first kappa shape index (κ1) is 9.41. The van der Waals surface area contributed by atoms with Gasteiger partial charge >= 0.3 is 0 Å². The molecule has 0 amide bonds. The second-order valence-electron chi connectivity index (χ2n) is 2.37. The number of aromatic nitrogens is 1. The van der Waals surface area contributed by atoms with Gasteiger partial charge in [-0.3, -0.25) is 0 Å². The van der Waals surface area contributed by atoms with Crippen molar-refractivity contribution < 1.29 is 0 Å². The van der Waals surface area contributed by atoms with Gasteiger partial charge in [0.05, 0.1) is 11.6 Å². The summed E-state index contributed by atoms with van der Waals surface area (Å²) in [5.74, 6) is 0.228. The molecular formula is C6H8ClN3OS. The van der Waals surface area contributed by atoms with Gasteiger partial charge in [-0.1, -0.05) is 11.3 Å². The highest BCUT2D eigenvalue weighted by molar-refractivity contribution is 7.19. The Labute approximate surface area is 79.1 Å². The van der Waals surface area contributed by atoms with Crippen LogP contribution in [0, 0.1) is 4.91 Å². The molecule has 0 radical (unpaired) electrons. The number of nitrogens with zero attached hydrogens (tertiary/aromatic N) is 3. The van der Waals surface area contributed by atoms with Gasteiger partial charge in [-0.2, -0.15) is 0 Å². The Morgan fingerprint density at radius 1 is 1.67 bits per heavy atom. The minimum Gasteiger partial charge on any atom is -0.354 e. The van der Waals surface area contributed by atoms with Gasteiger partial charge in [-0.05, 0) is 5.18 Å². The molecular weight excluding hydrogens is 198 g/mol. The van der Waals surface area contributed by atoms with E-state index < -0.39 is 0 Å². The van der Waals surface area contributed by atoms with Crippen LogP contribution in [0.1, 0.15) is 5.69 Å². The first-order chi connectivity index (χ1) is 5.69. The summed E-state index contributed by atoms with van der Waals surface area (Å²) in [5, 5.41) is 3.96. The monoisotopic (exact) mass is 205 g/mol. The first-order valence-corrected chi connectivity index (χ1v) is 4.60. The molecule has 1 heterocycles. The summed E-state index contributed by atoms with van der Waals surface area (Å²) < 4.78 is 0. The molecule has 12 heavy (non-hydrogen) atoms. The molecule has 0 fully saturated rings. The average molecular weight is 206 g/mol. The zero-order valence-corrected chi connectivity index (χ0v) is 8.32. The highest BCUT2D eigenvalue weighted by Gasteiger charge is 2.11. The molecule has 0 saturated heterocycles. The van der Waals surface area contributed by atoms with E-state index in [9.17, 15) is 4.91 Å². The molecule has 0 spiro atoms. The van der Waals surface area contributed by atoms with Gasteiger partial charge in [0.1, 0.15) is 0 Å². The molecule has 1 rings (SSSR count). The maximum Gasteiger partial charge on any atom is 0.187 e. The molecule has 66 valence electrons. The lowest BCUT2D eigenvalue weighted by Crippen LogP contribution is -2.07. The number of nitroso groups, excluding NO2 is 1. The molecule has 6 heteroatoms. The van der Waals surface area contributed by atoms with E-state index in [-0.39, 0.29) is 5.88 Å². The van der Waals surface area contributed by atoms with Crippen molar-refractivity contribution in [2.45, 2.75) is 5.88 Å². The number of anilines is 1. The van der Waals surface area contributed by atoms with Crippen LogP contribution in [0.15, 0.2) is 5.18 Å². The lowest BCUT2D eigenvalue weighted by atomic mass is 10.5. The molecule has 1 aromatic heterocycles. The molecule has 0 aromatic carbocycles. The average Bonchev–Trinajstić information content (AvgIpc) is 2.46. The lowest BCUT2D eigenvalue weighted by Gasteiger charge is -2.04. The third-order valence-corrected chi connectivity index (χ3v) is 2.65. The van der Waals surface area contributed by atoms with Crippen molar-refractivity contribution >= 4 is 33.1 Å². The predicted molar refractivity (Wildman–Crippen MR) is 51.5 cm³/mol. The Morgan fingerprint density at radius 2 is 2.33 bits per heavy atom. The minimum atomic E-state index is 0.228. The molecule has 0 aliphatic carbocycles. The standard InChI is InChI=1S/C6H8ClN3OS/c1-10(2)6-8-4(3-7)5(9-11)12-6/h3H2,1-2H3. The van der Waals surface area contributed by atoms with Gasteiger partial charge < -0.3 is 4.90 Å². The number of thiazole rings is 1. The van der Waals surface area contributed by atoms with E-state index in [1.54, 1.807) is 0 Å². The Bertz CT molecular complexity index is 286. The van der Waals surface area contributed by atoms with Crippen molar-refractivity contribution in [1.82, 2.24) is 4.98 Å². The number of alkyl halides is 1. The van der Waals surface area contributed by atoms with Gasteiger partial charge in [0.25, 0.3) is 0 Å². The van der Waals surface area contributed by atoms with Gasteiger partial charge in [-0.25, -0.2) is 4.98 Å². The summed E-state index contributed by atoms with van der Waals surface area (Å²) in [6.07, 6.45) is 0. The number of halogens is 1. The molecule has 0 N–H and O–H groups in total. The molecule has 4 nitrogen and oxygen atoms in total. The van der Waals surface area contributed by atoms with Gasteiger partial charge in [0, 0.05) is 14.1 Å². The molecule has 0 aliphatic heterocycles. The molecule has 0 saturated carbocycles. The van der Waals surface area contributed by atoms with E-state index in [1.807, 2.05) is 19.0 Å². The third-order valence-electron chi connectivity index (χ3n) is 1.26. The molecule has 1 aromatic rings. The largest absolute Gasteiger partial charge is 0.354 e. The van der Waals surface area contributed by atoms with Crippen LogP contribution < -0.4 is 4.90 Å². The summed E-state index contributed by atoms with van der Waals surface area (Å²) >= 11 is 6.80. The summed E-state index contributed by atoms with van der Waals surface area (Å²) in [5.41, 5.74) is 0.556. The van der Waals surface area contributed by atoms with Crippen LogP contribution in [0.3, 0.4) is 0 Å². The van der Waals surface area contributed by atoms with Crippen molar-refractivity contribution in [2.24, 2.45) is 5.18 Å². The second kappa shape index (κ2) is 3.82. The smallest absolute Gasteiger partial charge is 0.187 e. The Hall–Kier alpha value is -0.680. The van der Waals surface area contributed by atoms with Crippen LogP contribution in [-0.4, -0.2) is 19.1 Å². The number of rotatable bonds is 3. The van der Waals surface area contributed by atoms with Gasteiger partial charge in [0.2, 0.25) is 0 Å². The van der Waals surface area contributed by atoms with E-state index in [0.717, 1.165) is 5.13 Å². The van der Waals surface area contributed by atoms with Crippen LogP contribution in [0.4, 0.5) is 10.1 Å². The van der Waals surface area contributed by atoms with Crippen molar-refractivity contribution in [2.75, 3.05) is 19.0 Å². The topological polar surface area (TPSA) is 45.6 Å². The second-order valence-corrected chi connectivity index (χ2v) is 3.59. The van der Waals surface area contributed by atoms with Crippen LogP contribution in [0.5, 0.6) is 0 Å². The maximum atomic E-state index is 10.3. The van der Waals surface area contributed by atoms with Gasteiger partial charge in [0.15, 0.2) is 10.1 Å². The number of hydrogen-bond donors (Lipinski definition) is 0. The fraction of sp³-hybridized carbons (Fsp3) is 0.500. The van der Waals surface area contributed by atoms with Gasteiger partial charge in [-0.15, -0.1) is 16.5 Å². The number of hydrogen-bond acceptors (Lipinski definition) is 5. The summed E-state index contributed by atoms with van der Waals surface area (Å²) in [6, 6.07) is 0. The maximum absolute atomic E-state index is 10.3. The van der Waals surface area contributed by atoms with E-state index in [2.05, 4.69) is 10.2 Å². The van der Waals surface area contributed by atoms with E-state index in [1.165, 1.54) is 11.3 Å². The highest BCUT2D eigenvalue weighted by atomic mass is 35.5. The van der Waals surface area contributed by atoms with Crippen molar-refractivity contribution in [3.05, 3.63) is 10.6 Å². The molecule has 0 atom stereocenters. The summed E-state index contributed by atoms with van der Waals surface area (Å²) in [7, 11) is 3.71. The predicted octanol–water partition coefficient (Wildman–Crippen LogP) is 2.35. The Kier molecular flexibility index (Phi) is 2.99. The van der Waals surface area contributed by atoms with E-state index >= 15 is 0 Å². The van der Waals surface area contributed by atoms with Crippen LogP contribution in [0.2, 0.25) is 0 Å². The lowest BCUT2D eigenvalue weighted by molar-refractivity contribution is 1.08. The fourth-order valence-electron chi connectivity index (χ4n) is 0.681. The van der Waals surface area contributed by atoms with Crippen LogP contribution in [-0.2, 0) is 5.88 Å². The van der Waals surface area contributed by atoms with Crippen molar-refractivity contribution in [3.63, 3.8) is 0 Å². The first-order valence-electron chi connectivity index (χ1n) is 3.25. The minimum absolute atomic E-state index is 0.228. The highest BCUT2D eigenvalue weighted by Crippen LogP contribution is 2.32. The SMILES string of the molecule is CN(C)c1nc(CCl)c(N=O)s1. The van der Waals surface area contributed by atoms with Crippen LogP contribution >= 0.6 is 22.9 Å². The molecule has 0 aliphatic rings. The van der Waals surface area contributed by atoms with E-state index in [4.69, 9.17) is 11.6 Å². The molecule has 0 bridgehead atoms. The summed E-state index contributed by atoms with van der Waals surface area (Å²) in [6.45, 7) is 0. The van der Waals surface area contributed by atoms with Crippen LogP contribution in [0.25, 0.3) is 0 Å². The quantitative estimate of drug-likeness (QED) is 0.562. The van der Waals surface area contributed by atoms with E-state index in [0.29, 0.717) is 10.7 Å². The van der Waals surface area contributed by atoms with Crippen molar-refractivity contribution in [3.8, 4) is 0 Å². The molecule has 0 unspecified atom stereocenters. The Balaban J connectivity index is 3.05. The Morgan fingerprint density at radius 3 is 2.67 bits per heavy atom. The fourth-order valence-corrected chi connectivity index (χ4v) is 1.73. The normalized spacial score (nSPS) is 9.92. The summed E-state index contributed by atoms with van der Waals surface area (Å²) in [4.78, 5) is 16.2. The zero-order chi connectivity index (χ0) is 9.14.